The fraction of sp³-hybridized carbons (Fsp3) is 0.429. The molecule has 0 unspecified atom stereocenters. The summed E-state index contributed by atoms with van der Waals surface area (Å²) in [4.78, 5) is 10.6. The summed E-state index contributed by atoms with van der Waals surface area (Å²) in [6, 6.07) is 3.42. The molecule has 0 saturated heterocycles. The Morgan fingerprint density at radius 2 is 2.00 bits per heavy atom. The number of sulfonamides is 1. The summed E-state index contributed by atoms with van der Waals surface area (Å²) in [6.07, 6.45) is 2.80. The Balaban J connectivity index is 1.90. The molecule has 0 aliphatic carbocycles. The molecule has 22 heavy (non-hydrogen) atoms. The summed E-state index contributed by atoms with van der Waals surface area (Å²) in [5.74, 6) is 0.875. The molecule has 3 heterocycles. The van der Waals surface area contributed by atoms with Crippen LogP contribution in [0.2, 0.25) is 0 Å². The van der Waals surface area contributed by atoms with Crippen LogP contribution in [0, 0.1) is 0 Å². The van der Waals surface area contributed by atoms with Crippen molar-refractivity contribution in [3.8, 4) is 0 Å². The molecule has 0 N–H and O–H groups in total. The topological polar surface area (TPSA) is 66.4 Å². The Bertz CT molecular complexity index is 757. The minimum absolute atomic E-state index is 0.400. The molecule has 0 fully saturated rings. The lowest BCUT2D eigenvalue weighted by Gasteiger charge is -2.19. The second-order valence-corrected chi connectivity index (χ2v) is 8.47. The monoisotopic (exact) mass is 338 g/mol. The van der Waals surface area contributed by atoms with Gasteiger partial charge in [-0.15, -0.1) is 11.3 Å². The lowest BCUT2D eigenvalue weighted by molar-refractivity contribution is 0.427. The van der Waals surface area contributed by atoms with Crippen molar-refractivity contribution >= 4 is 27.2 Å². The summed E-state index contributed by atoms with van der Waals surface area (Å²) in [6.45, 7) is 0.915. The Morgan fingerprint density at radius 3 is 2.68 bits per heavy atom. The fourth-order valence-corrected chi connectivity index (χ4v) is 5.24. The van der Waals surface area contributed by atoms with E-state index in [4.69, 9.17) is 0 Å². The van der Waals surface area contributed by atoms with Crippen LogP contribution in [0.1, 0.15) is 11.3 Å². The average Bonchev–Trinajstić information content (AvgIpc) is 2.94. The van der Waals surface area contributed by atoms with Crippen molar-refractivity contribution in [3.63, 3.8) is 0 Å². The van der Waals surface area contributed by atoms with Crippen LogP contribution >= 0.6 is 11.3 Å². The maximum absolute atomic E-state index is 12.7. The third kappa shape index (κ3) is 2.73. The average molecular weight is 338 g/mol. The molecule has 0 spiro atoms. The van der Waals surface area contributed by atoms with Crippen molar-refractivity contribution in [2.75, 3.05) is 32.1 Å². The van der Waals surface area contributed by atoms with Gasteiger partial charge < -0.3 is 4.90 Å². The number of hydrogen-bond acceptors (Lipinski definition) is 6. The Labute approximate surface area is 134 Å². The van der Waals surface area contributed by atoms with Crippen molar-refractivity contribution < 1.29 is 8.42 Å². The molecule has 0 radical (unpaired) electrons. The second-order valence-electron chi connectivity index (χ2n) is 5.35. The van der Waals surface area contributed by atoms with Crippen molar-refractivity contribution in [1.82, 2.24) is 14.3 Å². The molecule has 8 heteroatoms. The molecule has 1 aliphatic rings. The van der Waals surface area contributed by atoms with E-state index in [2.05, 4.69) is 9.97 Å². The van der Waals surface area contributed by atoms with Crippen molar-refractivity contribution in [3.05, 3.63) is 35.1 Å². The van der Waals surface area contributed by atoms with Gasteiger partial charge in [0.1, 0.15) is 16.4 Å². The van der Waals surface area contributed by atoms with Gasteiger partial charge in [0.05, 0.1) is 5.69 Å². The van der Waals surface area contributed by atoms with E-state index in [1.165, 1.54) is 11.3 Å². The van der Waals surface area contributed by atoms with E-state index in [9.17, 15) is 8.42 Å². The van der Waals surface area contributed by atoms with Crippen LogP contribution in [-0.4, -0.2) is 49.9 Å². The summed E-state index contributed by atoms with van der Waals surface area (Å²) < 4.78 is 27.3. The zero-order valence-electron chi connectivity index (χ0n) is 12.6. The van der Waals surface area contributed by atoms with E-state index in [0.29, 0.717) is 30.1 Å². The number of thiophene rings is 1. The third-order valence-corrected chi connectivity index (χ3v) is 7.01. The lowest BCUT2D eigenvalue weighted by atomic mass is 10.1. The number of fused-ring (bicyclic) bond motifs is 1. The number of rotatable bonds is 3. The first-order valence-electron chi connectivity index (χ1n) is 7.04. The van der Waals surface area contributed by atoms with Gasteiger partial charge in [0.2, 0.25) is 0 Å². The quantitative estimate of drug-likeness (QED) is 0.846. The van der Waals surface area contributed by atoms with Crippen LogP contribution in [0.4, 0.5) is 5.82 Å². The minimum atomic E-state index is -3.40. The standard InChI is InChI=1S/C14H18N4O2S2/c1-17(2)14-11-5-7-18(8-6-12(11)15-10-16-14)22(19,20)13-4-3-9-21-13/h3-4,9-10H,5-8H2,1-2H3. The van der Waals surface area contributed by atoms with Gasteiger partial charge in [0, 0.05) is 39.2 Å². The van der Waals surface area contributed by atoms with Crippen LogP contribution in [0.15, 0.2) is 28.0 Å². The molecular formula is C14H18N4O2S2. The molecule has 0 bridgehead atoms. The first-order valence-corrected chi connectivity index (χ1v) is 9.36. The number of anilines is 1. The van der Waals surface area contributed by atoms with E-state index in [-0.39, 0.29) is 0 Å². The van der Waals surface area contributed by atoms with Crippen LogP contribution in [0.3, 0.4) is 0 Å². The molecular weight excluding hydrogens is 320 g/mol. The minimum Gasteiger partial charge on any atom is -0.362 e. The van der Waals surface area contributed by atoms with Crippen molar-refractivity contribution in [2.45, 2.75) is 17.1 Å². The zero-order chi connectivity index (χ0) is 15.7. The second kappa shape index (κ2) is 5.94. The molecule has 1 aliphatic heterocycles. The zero-order valence-corrected chi connectivity index (χ0v) is 14.2. The molecule has 0 saturated carbocycles. The van der Waals surface area contributed by atoms with Crippen LogP contribution in [-0.2, 0) is 22.9 Å². The first kappa shape index (κ1) is 15.4. The molecule has 6 nitrogen and oxygen atoms in total. The summed E-state index contributed by atoms with van der Waals surface area (Å²) >= 11 is 1.26. The normalized spacial score (nSPS) is 16.1. The maximum Gasteiger partial charge on any atom is 0.252 e. The number of aromatic nitrogens is 2. The molecule has 0 amide bonds. The Morgan fingerprint density at radius 1 is 1.23 bits per heavy atom. The van der Waals surface area contributed by atoms with Gasteiger partial charge in [0.15, 0.2) is 0 Å². The molecule has 2 aromatic rings. The predicted octanol–water partition coefficient (Wildman–Crippen LogP) is 1.39. The van der Waals surface area contributed by atoms with Gasteiger partial charge in [-0.25, -0.2) is 18.4 Å². The van der Waals surface area contributed by atoms with Crippen LogP contribution in [0.5, 0.6) is 0 Å². The van der Waals surface area contributed by atoms with Gasteiger partial charge >= 0.3 is 0 Å². The van der Waals surface area contributed by atoms with Gasteiger partial charge in [0.25, 0.3) is 10.0 Å². The van der Waals surface area contributed by atoms with Gasteiger partial charge in [-0.2, -0.15) is 4.31 Å². The summed E-state index contributed by atoms with van der Waals surface area (Å²) in [7, 11) is 0.474. The van der Waals surface area contributed by atoms with E-state index in [0.717, 1.165) is 17.1 Å². The van der Waals surface area contributed by atoms with Gasteiger partial charge in [-0.05, 0) is 17.9 Å². The highest BCUT2D eigenvalue weighted by atomic mass is 32.2. The highest BCUT2D eigenvalue weighted by molar-refractivity contribution is 7.91. The highest BCUT2D eigenvalue weighted by Crippen LogP contribution is 2.26. The molecule has 0 aromatic carbocycles. The van der Waals surface area contributed by atoms with E-state index in [1.807, 2.05) is 19.0 Å². The smallest absolute Gasteiger partial charge is 0.252 e. The third-order valence-electron chi connectivity index (χ3n) is 3.73. The molecule has 2 aromatic heterocycles. The largest absolute Gasteiger partial charge is 0.362 e. The van der Waals surface area contributed by atoms with E-state index in [1.54, 1.807) is 28.1 Å². The lowest BCUT2D eigenvalue weighted by Crippen LogP contribution is -2.32. The molecule has 3 rings (SSSR count). The summed E-state index contributed by atoms with van der Waals surface area (Å²) in [5.41, 5.74) is 2.00. The van der Waals surface area contributed by atoms with Crippen molar-refractivity contribution in [1.29, 1.82) is 0 Å². The number of hydrogen-bond donors (Lipinski definition) is 0. The van der Waals surface area contributed by atoms with E-state index < -0.39 is 10.0 Å². The summed E-state index contributed by atoms with van der Waals surface area (Å²) in [5, 5.41) is 1.79. The van der Waals surface area contributed by atoms with Crippen LogP contribution < -0.4 is 4.90 Å². The Kier molecular flexibility index (Phi) is 4.16. The van der Waals surface area contributed by atoms with E-state index >= 15 is 0 Å². The van der Waals surface area contributed by atoms with Gasteiger partial charge in [-0.3, -0.25) is 0 Å². The maximum atomic E-state index is 12.7. The fourth-order valence-electron chi connectivity index (χ4n) is 2.65. The van der Waals surface area contributed by atoms with Gasteiger partial charge in [-0.1, -0.05) is 6.07 Å². The molecule has 118 valence electrons. The Hall–Kier alpha value is -1.51. The predicted molar refractivity (Wildman–Crippen MR) is 86.8 cm³/mol. The number of nitrogens with zero attached hydrogens (tertiary/aromatic N) is 4. The molecule has 0 atom stereocenters. The van der Waals surface area contributed by atoms with Crippen LogP contribution in [0.25, 0.3) is 0 Å². The first-order chi connectivity index (χ1) is 10.5. The highest BCUT2D eigenvalue weighted by Gasteiger charge is 2.28. The SMILES string of the molecule is CN(C)c1ncnc2c1CCN(S(=O)(=O)c1cccs1)CC2. The van der Waals surface area contributed by atoms with Crippen molar-refractivity contribution in [2.24, 2.45) is 0 Å².